The van der Waals surface area contributed by atoms with Gasteiger partial charge in [0.1, 0.15) is 4.90 Å². The van der Waals surface area contributed by atoms with Crippen molar-refractivity contribution in [1.29, 1.82) is 0 Å². The predicted octanol–water partition coefficient (Wildman–Crippen LogP) is 3.42. The quantitative estimate of drug-likeness (QED) is 0.728. The van der Waals surface area contributed by atoms with E-state index in [1.165, 1.54) is 15.6 Å². The Balaban J connectivity index is 2.35. The molecule has 0 fully saturated rings. The first kappa shape index (κ1) is 17.1. The Kier molecular flexibility index (Phi) is 5.98. The zero-order chi connectivity index (χ0) is 15.5. The molecule has 0 bridgehead atoms. The third-order valence-corrected chi connectivity index (χ3v) is 7.42. The number of hydrogen-bond acceptors (Lipinski definition) is 4. The van der Waals surface area contributed by atoms with Gasteiger partial charge in [-0.05, 0) is 43.5 Å². The lowest BCUT2D eigenvalue weighted by Crippen LogP contribution is -2.34. The maximum atomic E-state index is 12.8. The molecule has 0 radical (unpaired) electrons. The molecule has 0 saturated heterocycles. The van der Waals surface area contributed by atoms with Gasteiger partial charge in [0.2, 0.25) is 10.0 Å². The van der Waals surface area contributed by atoms with Crippen LogP contribution in [0.3, 0.4) is 0 Å². The number of nitrogens with zero attached hydrogens (tertiary/aromatic N) is 1. The minimum absolute atomic E-state index is 0.267. The van der Waals surface area contributed by atoms with Crippen LogP contribution in [-0.2, 0) is 16.6 Å². The van der Waals surface area contributed by atoms with E-state index in [1.54, 1.807) is 6.07 Å². The average molecular weight is 454 g/mol. The standard InChI is InChI=1S/C13H14Br2N2O2S2/c14-12-8-11(13(15)20-12)21(18,19)17(7-6-16)9-10-4-2-1-3-5-10/h1-5,8H,6-7,9,16H2. The first-order valence-corrected chi connectivity index (χ1v) is 9.98. The van der Waals surface area contributed by atoms with Crippen molar-refractivity contribution in [1.82, 2.24) is 4.31 Å². The molecule has 2 aromatic rings. The van der Waals surface area contributed by atoms with E-state index >= 15 is 0 Å². The second-order valence-electron chi connectivity index (χ2n) is 4.30. The summed E-state index contributed by atoms with van der Waals surface area (Å²) in [6.45, 7) is 0.854. The SMILES string of the molecule is NCCN(Cc1ccccc1)S(=O)(=O)c1cc(Br)sc1Br. The van der Waals surface area contributed by atoms with Crippen molar-refractivity contribution >= 4 is 53.2 Å². The van der Waals surface area contributed by atoms with E-state index < -0.39 is 10.0 Å². The lowest BCUT2D eigenvalue weighted by molar-refractivity contribution is 0.414. The molecule has 8 heteroatoms. The van der Waals surface area contributed by atoms with Gasteiger partial charge < -0.3 is 5.73 Å². The first-order valence-electron chi connectivity index (χ1n) is 6.14. The van der Waals surface area contributed by atoms with Crippen molar-refractivity contribution in [3.05, 3.63) is 49.5 Å². The summed E-state index contributed by atoms with van der Waals surface area (Å²) < 4.78 is 28.3. The molecular weight excluding hydrogens is 440 g/mol. The van der Waals surface area contributed by atoms with E-state index in [4.69, 9.17) is 5.73 Å². The molecule has 0 atom stereocenters. The molecule has 0 spiro atoms. The Labute approximate surface area is 145 Å². The summed E-state index contributed by atoms with van der Waals surface area (Å²) in [5.74, 6) is 0. The molecule has 21 heavy (non-hydrogen) atoms. The Morgan fingerprint density at radius 1 is 1.19 bits per heavy atom. The molecule has 1 aromatic heterocycles. The summed E-state index contributed by atoms with van der Waals surface area (Å²) in [5.41, 5.74) is 6.51. The Hall–Kier alpha value is -0.250. The van der Waals surface area contributed by atoms with Gasteiger partial charge in [-0.2, -0.15) is 4.31 Å². The van der Waals surface area contributed by atoms with Crippen LogP contribution in [0.4, 0.5) is 0 Å². The van der Waals surface area contributed by atoms with Crippen molar-refractivity contribution in [2.75, 3.05) is 13.1 Å². The zero-order valence-corrected chi connectivity index (χ0v) is 15.8. The summed E-state index contributed by atoms with van der Waals surface area (Å²) in [6.07, 6.45) is 0. The van der Waals surface area contributed by atoms with E-state index in [1.807, 2.05) is 30.3 Å². The second kappa shape index (κ2) is 7.34. The van der Waals surface area contributed by atoms with Gasteiger partial charge in [0.05, 0.1) is 7.57 Å². The number of sulfonamides is 1. The number of halogens is 2. The van der Waals surface area contributed by atoms with Crippen molar-refractivity contribution in [3.8, 4) is 0 Å². The van der Waals surface area contributed by atoms with Gasteiger partial charge >= 0.3 is 0 Å². The molecule has 0 saturated carbocycles. The Bertz CT molecular complexity index is 702. The number of rotatable bonds is 6. The lowest BCUT2D eigenvalue weighted by Gasteiger charge is -2.21. The van der Waals surface area contributed by atoms with Crippen LogP contribution >= 0.6 is 43.2 Å². The number of thiophene rings is 1. The van der Waals surface area contributed by atoms with Crippen molar-refractivity contribution in [2.24, 2.45) is 5.73 Å². The van der Waals surface area contributed by atoms with Gasteiger partial charge in [0.15, 0.2) is 0 Å². The van der Waals surface area contributed by atoms with E-state index in [9.17, 15) is 8.42 Å². The van der Waals surface area contributed by atoms with E-state index in [0.29, 0.717) is 10.3 Å². The van der Waals surface area contributed by atoms with Gasteiger partial charge in [0, 0.05) is 19.6 Å². The highest BCUT2D eigenvalue weighted by molar-refractivity contribution is 9.12. The third-order valence-electron chi connectivity index (χ3n) is 2.82. The van der Waals surface area contributed by atoms with Gasteiger partial charge in [-0.1, -0.05) is 30.3 Å². The number of nitrogens with two attached hydrogens (primary N) is 1. The highest BCUT2D eigenvalue weighted by Crippen LogP contribution is 2.36. The predicted molar refractivity (Wildman–Crippen MR) is 92.8 cm³/mol. The van der Waals surface area contributed by atoms with Crippen LogP contribution in [0.25, 0.3) is 0 Å². The largest absolute Gasteiger partial charge is 0.329 e. The highest BCUT2D eigenvalue weighted by atomic mass is 79.9. The molecule has 1 heterocycles. The molecule has 2 N–H and O–H groups in total. The van der Waals surface area contributed by atoms with Crippen LogP contribution < -0.4 is 5.73 Å². The van der Waals surface area contributed by atoms with Crippen LogP contribution in [0.1, 0.15) is 5.56 Å². The zero-order valence-electron chi connectivity index (χ0n) is 11.0. The first-order chi connectivity index (χ1) is 9.95. The average Bonchev–Trinajstić information content (AvgIpc) is 2.79. The van der Waals surface area contributed by atoms with Crippen LogP contribution in [-0.4, -0.2) is 25.8 Å². The summed E-state index contributed by atoms with van der Waals surface area (Å²) in [4.78, 5) is 0.267. The maximum Gasteiger partial charge on any atom is 0.245 e. The van der Waals surface area contributed by atoms with E-state index in [-0.39, 0.29) is 18.0 Å². The molecular formula is C13H14Br2N2O2S2. The third kappa shape index (κ3) is 4.14. The fourth-order valence-electron chi connectivity index (χ4n) is 1.86. The monoisotopic (exact) mass is 452 g/mol. The molecule has 0 amide bonds. The number of benzene rings is 1. The molecule has 0 aliphatic heterocycles. The maximum absolute atomic E-state index is 12.8. The topological polar surface area (TPSA) is 63.4 Å². The van der Waals surface area contributed by atoms with Gasteiger partial charge in [-0.15, -0.1) is 11.3 Å². The lowest BCUT2D eigenvalue weighted by atomic mass is 10.2. The summed E-state index contributed by atoms with van der Waals surface area (Å²) >= 11 is 7.95. The highest BCUT2D eigenvalue weighted by Gasteiger charge is 2.27. The molecule has 114 valence electrons. The fraction of sp³-hybridized carbons (Fsp3) is 0.231. The molecule has 2 rings (SSSR count). The van der Waals surface area contributed by atoms with Crippen LogP contribution in [0.5, 0.6) is 0 Å². The van der Waals surface area contributed by atoms with Crippen molar-refractivity contribution < 1.29 is 8.42 Å². The second-order valence-corrected chi connectivity index (χ2v) is 9.96. The Morgan fingerprint density at radius 3 is 2.38 bits per heavy atom. The molecule has 1 aromatic carbocycles. The normalized spacial score (nSPS) is 12.0. The van der Waals surface area contributed by atoms with Gasteiger partial charge in [0.25, 0.3) is 0 Å². The summed E-state index contributed by atoms with van der Waals surface area (Å²) in [6, 6.07) is 11.1. The van der Waals surface area contributed by atoms with Gasteiger partial charge in [-0.25, -0.2) is 8.42 Å². The van der Waals surface area contributed by atoms with Crippen LogP contribution in [0, 0.1) is 0 Å². The van der Waals surface area contributed by atoms with Crippen molar-refractivity contribution in [2.45, 2.75) is 11.4 Å². The molecule has 0 unspecified atom stereocenters. The summed E-state index contributed by atoms with van der Waals surface area (Å²) in [5, 5.41) is 0. The van der Waals surface area contributed by atoms with Crippen LogP contribution in [0.15, 0.2) is 48.9 Å². The minimum atomic E-state index is -3.58. The fourth-order valence-corrected chi connectivity index (χ4v) is 7.06. The van der Waals surface area contributed by atoms with E-state index in [0.717, 1.165) is 9.35 Å². The molecule has 0 aliphatic carbocycles. The van der Waals surface area contributed by atoms with Crippen LogP contribution in [0.2, 0.25) is 0 Å². The molecule has 4 nitrogen and oxygen atoms in total. The van der Waals surface area contributed by atoms with Crippen molar-refractivity contribution in [3.63, 3.8) is 0 Å². The molecule has 0 aliphatic rings. The minimum Gasteiger partial charge on any atom is -0.329 e. The smallest absolute Gasteiger partial charge is 0.245 e. The number of hydrogen-bond donors (Lipinski definition) is 1. The van der Waals surface area contributed by atoms with Gasteiger partial charge in [-0.3, -0.25) is 0 Å². The Morgan fingerprint density at radius 2 is 1.86 bits per heavy atom. The van der Waals surface area contributed by atoms with E-state index in [2.05, 4.69) is 31.9 Å². The summed E-state index contributed by atoms with van der Waals surface area (Å²) in [7, 11) is -3.58.